The lowest BCUT2D eigenvalue weighted by atomic mass is 10.1. The number of esters is 1. The average Bonchev–Trinajstić information content (AvgIpc) is 2.24. The summed E-state index contributed by atoms with van der Waals surface area (Å²) in [6.07, 6.45) is -0.800. The van der Waals surface area contributed by atoms with Crippen molar-refractivity contribution in [1.29, 1.82) is 0 Å². The van der Waals surface area contributed by atoms with E-state index in [0.29, 0.717) is 0 Å². The molecule has 0 fully saturated rings. The highest BCUT2D eigenvalue weighted by molar-refractivity contribution is 5.70. The van der Waals surface area contributed by atoms with Crippen molar-refractivity contribution in [3.63, 3.8) is 0 Å². The quantitative estimate of drug-likeness (QED) is 0.630. The number of benzene rings is 1. The summed E-state index contributed by atoms with van der Waals surface area (Å²) in [5.41, 5.74) is -0.314. The van der Waals surface area contributed by atoms with Gasteiger partial charge in [-0.3, -0.25) is 4.79 Å². The maximum Gasteiger partial charge on any atom is 0.311 e. The number of hydrogen-bond donors (Lipinski definition) is 1. The van der Waals surface area contributed by atoms with E-state index in [9.17, 15) is 9.90 Å². The second kappa shape index (κ2) is 5.80. The zero-order chi connectivity index (χ0) is 12.9. The van der Waals surface area contributed by atoms with Crippen molar-refractivity contribution in [2.24, 2.45) is 0 Å². The zero-order valence-electron chi connectivity index (χ0n) is 10.3. The van der Waals surface area contributed by atoms with Crippen LogP contribution in [0.15, 0.2) is 30.3 Å². The Balaban J connectivity index is 2.62. The number of methoxy groups -OCH3 is 1. The van der Waals surface area contributed by atoms with Gasteiger partial charge < -0.3 is 14.6 Å². The molecule has 0 amide bonds. The molecule has 1 aromatic rings. The number of aliphatic hydroxyl groups is 1. The SMILES string of the molecule is COC(OC(=O)CC(C)(C)O)c1ccccc1. The van der Waals surface area contributed by atoms with E-state index in [0.717, 1.165) is 5.56 Å². The minimum Gasteiger partial charge on any atom is -0.431 e. The first kappa shape index (κ1) is 13.7. The Labute approximate surface area is 101 Å². The van der Waals surface area contributed by atoms with Crippen molar-refractivity contribution in [2.75, 3.05) is 7.11 Å². The van der Waals surface area contributed by atoms with E-state index in [1.165, 1.54) is 7.11 Å². The normalized spacial score (nSPS) is 13.2. The Hall–Kier alpha value is -1.39. The Kier molecular flexibility index (Phi) is 4.66. The van der Waals surface area contributed by atoms with Crippen LogP contribution in [0.5, 0.6) is 0 Å². The minimum atomic E-state index is -1.08. The first-order valence-electron chi connectivity index (χ1n) is 5.42. The molecule has 0 heterocycles. The van der Waals surface area contributed by atoms with Gasteiger partial charge in [0.05, 0.1) is 12.0 Å². The van der Waals surface area contributed by atoms with E-state index in [1.807, 2.05) is 30.3 Å². The summed E-state index contributed by atoms with van der Waals surface area (Å²) in [6.45, 7) is 3.11. The topological polar surface area (TPSA) is 55.8 Å². The van der Waals surface area contributed by atoms with Crippen LogP contribution in [0.4, 0.5) is 0 Å². The molecule has 0 aromatic heterocycles. The van der Waals surface area contributed by atoms with Crippen LogP contribution in [0.2, 0.25) is 0 Å². The maximum atomic E-state index is 11.5. The van der Waals surface area contributed by atoms with Gasteiger partial charge in [-0.05, 0) is 13.8 Å². The van der Waals surface area contributed by atoms with Gasteiger partial charge in [0.15, 0.2) is 0 Å². The van der Waals surface area contributed by atoms with E-state index < -0.39 is 17.9 Å². The van der Waals surface area contributed by atoms with E-state index in [1.54, 1.807) is 13.8 Å². The number of hydrogen-bond acceptors (Lipinski definition) is 4. The van der Waals surface area contributed by atoms with Gasteiger partial charge in [0.2, 0.25) is 6.29 Å². The fraction of sp³-hybridized carbons (Fsp3) is 0.462. The molecule has 4 heteroatoms. The Bertz CT molecular complexity index is 353. The monoisotopic (exact) mass is 238 g/mol. The van der Waals surface area contributed by atoms with Crippen molar-refractivity contribution in [1.82, 2.24) is 0 Å². The van der Waals surface area contributed by atoms with Gasteiger partial charge in [0.25, 0.3) is 0 Å². The van der Waals surface area contributed by atoms with Crippen LogP contribution in [0.25, 0.3) is 0 Å². The second-order valence-corrected chi connectivity index (χ2v) is 4.46. The van der Waals surface area contributed by atoms with E-state index in [4.69, 9.17) is 9.47 Å². The Morgan fingerprint density at radius 2 is 1.94 bits per heavy atom. The molecule has 0 saturated carbocycles. The smallest absolute Gasteiger partial charge is 0.311 e. The van der Waals surface area contributed by atoms with E-state index in [-0.39, 0.29) is 6.42 Å². The van der Waals surface area contributed by atoms with Gasteiger partial charge >= 0.3 is 5.97 Å². The standard InChI is InChI=1S/C13H18O4/c1-13(2,15)9-11(14)17-12(16-3)10-7-5-4-6-8-10/h4-8,12,15H,9H2,1-3H3. The number of ether oxygens (including phenoxy) is 2. The van der Waals surface area contributed by atoms with Crippen LogP contribution in [0.1, 0.15) is 32.1 Å². The summed E-state index contributed by atoms with van der Waals surface area (Å²) in [5, 5.41) is 9.50. The first-order chi connectivity index (χ1) is 7.92. The molecule has 1 rings (SSSR count). The molecule has 0 aliphatic carbocycles. The van der Waals surface area contributed by atoms with Crippen molar-refractivity contribution in [3.8, 4) is 0 Å². The summed E-state index contributed by atoms with van der Waals surface area (Å²) < 4.78 is 10.2. The number of carbonyl (C=O) groups is 1. The first-order valence-corrected chi connectivity index (χ1v) is 5.42. The van der Waals surface area contributed by atoms with Crippen LogP contribution in [-0.4, -0.2) is 23.8 Å². The average molecular weight is 238 g/mol. The summed E-state index contributed by atoms with van der Waals surface area (Å²) in [5.74, 6) is -0.492. The van der Waals surface area contributed by atoms with Crippen LogP contribution in [-0.2, 0) is 14.3 Å². The molecular weight excluding hydrogens is 220 g/mol. The third kappa shape index (κ3) is 4.97. The molecule has 1 N–H and O–H groups in total. The van der Waals surface area contributed by atoms with Gasteiger partial charge in [-0.1, -0.05) is 30.3 Å². The Morgan fingerprint density at radius 3 is 2.41 bits per heavy atom. The maximum absolute atomic E-state index is 11.5. The van der Waals surface area contributed by atoms with Crippen LogP contribution < -0.4 is 0 Å². The molecule has 94 valence electrons. The summed E-state index contributed by atoms with van der Waals surface area (Å²) in [6, 6.07) is 9.17. The predicted molar refractivity (Wildman–Crippen MR) is 63.2 cm³/mol. The molecule has 1 unspecified atom stereocenters. The van der Waals surface area contributed by atoms with E-state index in [2.05, 4.69) is 0 Å². The second-order valence-electron chi connectivity index (χ2n) is 4.46. The molecule has 4 nitrogen and oxygen atoms in total. The molecule has 0 bridgehead atoms. The highest BCUT2D eigenvalue weighted by Crippen LogP contribution is 2.19. The highest BCUT2D eigenvalue weighted by atomic mass is 16.7. The molecule has 1 aromatic carbocycles. The van der Waals surface area contributed by atoms with Crippen molar-refractivity contribution >= 4 is 5.97 Å². The van der Waals surface area contributed by atoms with E-state index >= 15 is 0 Å². The zero-order valence-corrected chi connectivity index (χ0v) is 10.3. The molecule has 0 aliphatic rings. The number of carbonyl (C=O) groups excluding carboxylic acids is 1. The third-order valence-electron chi connectivity index (χ3n) is 2.10. The third-order valence-corrected chi connectivity index (χ3v) is 2.10. The van der Waals surface area contributed by atoms with Gasteiger partial charge in [-0.25, -0.2) is 0 Å². The van der Waals surface area contributed by atoms with Crippen molar-refractivity contribution in [2.45, 2.75) is 32.2 Å². The lowest BCUT2D eigenvalue weighted by Gasteiger charge is -2.20. The summed E-state index contributed by atoms with van der Waals surface area (Å²) in [4.78, 5) is 11.5. The number of rotatable bonds is 5. The highest BCUT2D eigenvalue weighted by Gasteiger charge is 2.22. The van der Waals surface area contributed by atoms with Crippen LogP contribution in [0.3, 0.4) is 0 Å². The fourth-order valence-electron chi connectivity index (χ4n) is 1.38. The predicted octanol–water partition coefficient (Wildman–Crippen LogP) is 2.04. The minimum absolute atomic E-state index is 0.0697. The van der Waals surface area contributed by atoms with Gasteiger partial charge in [0, 0.05) is 12.7 Å². The molecule has 0 radical (unpaired) electrons. The lowest BCUT2D eigenvalue weighted by molar-refractivity contribution is -0.179. The molecule has 0 spiro atoms. The molecule has 0 aliphatic heterocycles. The molecular formula is C13H18O4. The van der Waals surface area contributed by atoms with Crippen molar-refractivity contribution in [3.05, 3.63) is 35.9 Å². The van der Waals surface area contributed by atoms with Gasteiger partial charge in [-0.2, -0.15) is 0 Å². The van der Waals surface area contributed by atoms with Crippen LogP contribution >= 0.6 is 0 Å². The van der Waals surface area contributed by atoms with Crippen LogP contribution in [0, 0.1) is 0 Å². The lowest BCUT2D eigenvalue weighted by Crippen LogP contribution is -2.26. The van der Waals surface area contributed by atoms with Gasteiger partial charge in [0.1, 0.15) is 0 Å². The summed E-state index contributed by atoms with van der Waals surface area (Å²) in [7, 11) is 1.47. The molecule has 1 atom stereocenters. The fourth-order valence-corrected chi connectivity index (χ4v) is 1.38. The van der Waals surface area contributed by atoms with Crippen molar-refractivity contribution < 1.29 is 19.4 Å². The molecule has 17 heavy (non-hydrogen) atoms. The summed E-state index contributed by atoms with van der Waals surface area (Å²) >= 11 is 0. The van der Waals surface area contributed by atoms with Gasteiger partial charge in [-0.15, -0.1) is 0 Å². The Morgan fingerprint density at radius 1 is 1.35 bits per heavy atom. The largest absolute Gasteiger partial charge is 0.431 e. The molecule has 0 saturated heterocycles.